The second-order valence-electron chi connectivity index (χ2n) is 6.23. The van der Waals surface area contributed by atoms with Gasteiger partial charge in [-0.05, 0) is 30.3 Å². The zero-order valence-corrected chi connectivity index (χ0v) is 14.9. The maximum absolute atomic E-state index is 6.89. The van der Waals surface area contributed by atoms with Crippen molar-refractivity contribution in [2.24, 2.45) is 16.1 Å². The van der Waals surface area contributed by atoms with E-state index in [4.69, 9.17) is 16.0 Å². The molecule has 0 unspecified atom stereocenters. The molecular weight excluding hydrogens is 338 g/mol. The smallest absolute Gasteiger partial charge is 0.155 e. The van der Waals surface area contributed by atoms with Gasteiger partial charge >= 0.3 is 0 Å². The number of rotatable bonds is 5. The summed E-state index contributed by atoms with van der Waals surface area (Å²) in [6.45, 7) is 0.693. The number of ether oxygens (including phenoxy) is 1. The molecule has 1 aromatic heterocycles. The van der Waals surface area contributed by atoms with Crippen molar-refractivity contribution in [3.05, 3.63) is 77.9 Å². The number of fused-ring (bicyclic) bond motifs is 3. The Bertz CT molecular complexity index is 1180. The Balaban J connectivity index is 1.94. The third kappa shape index (κ3) is 2.91. The monoisotopic (exact) mass is 357 g/mol. The second kappa shape index (κ2) is 6.92. The Hall–Kier alpha value is -3.67. The highest BCUT2D eigenvalue weighted by Crippen LogP contribution is 2.31. The zero-order chi connectivity index (χ0) is 18.8. The molecule has 0 aliphatic carbocycles. The van der Waals surface area contributed by atoms with Crippen LogP contribution in [-0.2, 0) is 6.54 Å². The van der Waals surface area contributed by atoms with E-state index in [-0.39, 0.29) is 5.84 Å². The van der Waals surface area contributed by atoms with Gasteiger partial charge in [0.05, 0.1) is 13.7 Å². The number of nitrogens with zero attached hydrogens (tertiary/aromatic N) is 3. The summed E-state index contributed by atoms with van der Waals surface area (Å²) in [5, 5.41) is 8.89. The van der Waals surface area contributed by atoms with Crippen LogP contribution in [0.3, 0.4) is 0 Å². The van der Waals surface area contributed by atoms with E-state index in [1.54, 1.807) is 7.11 Å². The zero-order valence-electron chi connectivity index (χ0n) is 14.9. The molecule has 6 heteroatoms. The number of benzene rings is 3. The van der Waals surface area contributed by atoms with Crippen LogP contribution in [0, 0.1) is 5.53 Å². The summed E-state index contributed by atoms with van der Waals surface area (Å²) in [4.78, 5) is 0. The predicted octanol–water partition coefficient (Wildman–Crippen LogP) is 4.50. The first-order valence-corrected chi connectivity index (χ1v) is 8.56. The lowest BCUT2D eigenvalue weighted by atomic mass is 10.1. The van der Waals surface area contributed by atoms with E-state index in [0.717, 1.165) is 38.7 Å². The average Bonchev–Trinajstić information content (AvgIpc) is 3.02. The second-order valence-corrected chi connectivity index (χ2v) is 6.23. The summed E-state index contributed by atoms with van der Waals surface area (Å²) < 4.78 is 7.79. The number of hydrogen-bond acceptors (Lipinski definition) is 3. The van der Waals surface area contributed by atoms with Crippen LogP contribution in [-0.4, -0.2) is 17.5 Å². The number of aromatic nitrogens is 1. The van der Waals surface area contributed by atoms with Crippen LogP contribution in [0.2, 0.25) is 0 Å². The standard InChI is InChI=1S/C21H19N5O/c1-27-20-9-5-2-6-15(20)13-26-18-8-4-3-7-16(18)17-12-14(10-11-19(17)26)21(22)24-25-23/h2-12H,13H2,1H3,(H3,22,23,24). The van der Waals surface area contributed by atoms with Crippen LogP contribution in [0.25, 0.3) is 21.8 Å². The van der Waals surface area contributed by atoms with Gasteiger partial charge in [0.25, 0.3) is 0 Å². The lowest BCUT2D eigenvalue weighted by molar-refractivity contribution is 0.409. The van der Waals surface area contributed by atoms with Crippen molar-refractivity contribution in [2.75, 3.05) is 7.11 Å². The molecule has 4 aromatic rings. The molecule has 134 valence electrons. The molecule has 0 aliphatic rings. The van der Waals surface area contributed by atoms with Crippen LogP contribution >= 0.6 is 0 Å². The molecule has 6 nitrogen and oxygen atoms in total. The summed E-state index contributed by atoms with van der Waals surface area (Å²) in [7, 11) is 1.69. The van der Waals surface area contributed by atoms with Gasteiger partial charge in [0.1, 0.15) is 5.75 Å². The van der Waals surface area contributed by atoms with Crippen molar-refractivity contribution in [1.29, 1.82) is 5.53 Å². The number of para-hydroxylation sites is 2. The highest BCUT2D eigenvalue weighted by molar-refractivity contribution is 6.11. The molecule has 3 N–H and O–H groups in total. The predicted molar refractivity (Wildman–Crippen MR) is 107 cm³/mol. The molecule has 0 saturated heterocycles. The van der Waals surface area contributed by atoms with E-state index >= 15 is 0 Å². The Morgan fingerprint density at radius 2 is 1.74 bits per heavy atom. The van der Waals surface area contributed by atoms with Crippen molar-refractivity contribution < 1.29 is 4.74 Å². The van der Waals surface area contributed by atoms with Crippen molar-refractivity contribution in [2.45, 2.75) is 6.54 Å². The fourth-order valence-corrected chi connectivity index (χ4v) is 3.50. The number of amidine groups is 1. The van der Waals surface area contributed by atoms with Crippen molar-refractivity contribution >= 4 is 27.6 Å². The Morgan fingerprint density at radius 1 is 1.00 bits per heavy atom. The lowest BCUT2D eigenvalue weighted by Gasteiger charge is -2.11. The quantitative estimate of drug-likeness (QED) is 0.238. The fraction of sp³-hybridized carbons (Fsp3) is 0.0952. The van der Waals surface area contributed by atoms with Gasteiger partial charge in [-0.1, -0.05) is 41.6 Å². The number of nitrogens with two attached hydrogens (primary N) is 1. The van der Waals surface area contributed by atoms with E-state index < -0.39 is 0 Å². The first-order chi connectivity index (χ1) is 13.2. The Labute approximate surface area is 156 Å². The Morgan fingerprint density at radius 3 is 2.56 bits per heavy atom. The van der Waals surface area contributed by atoms with Crippen LogP contribution in [0.5, 0.6) is 5.75 Å². The van der Waals surface area contributed by atoms with Gasteiger partial charge in [0, 0.05) is 32.9 Å². The van der Waals surface area contributed by atoms with Gasteiger partial charge in [-0.25, -0.2) is 0 Å². The highest BCUT2D eigenvalue weighted by atomic mass is 16.5. The van der Waals surface area contributed by atoms with Gasteiger partial charge in [-0.15, -0.1) is 5.10 Å². The Kier molecular flexibility index (Phi) is 4.30. The first kappa shape index (κ1) is 16.8. The molecule has 0 spiro atoms. The summed E-state index contributed by atoms with van der Waals surface area (Å²) >= 11 is 0. The molecule has 0 aliphatic heterocycles. The van der Waals surface area contributed by atoms with Crippen molar-refractivity contribution in [1.82, 2.24) is 4.57 Å². The third-order valence-electron chi connectivity index (χ3n) is 4.75. The number of hydrogen-bond donors (Lipinski definition) is 2. The number of nitrogens with one attached hydrogen (secondary N) is 1. The van der Waals surface area contributed by atoms with Crippen LogP contribution < -0.4 is 10.5 Å². The normalized spacial score (nSPS) is 11.8. The first-order valence-electron chi connectivity index (χ1n) is 8.56. The van der Waals surface area contributed by atoms with Gasteiger partial charge in [0.2, 0.25) is 0 Å². The lowest BCUT2D eigenvalue weighted by Crippen LogP contribution is -2.12. The molecule has 0 bridgehead atoms. The van der Waals surface area contributed by atoms with Gasteiger partial charge in [-0.2, -0.15) is 5.53 Å². The maximum Gasteiger partial charge on any atom is 0.155 e. The SMILES string of the molecule is COc1ccccc1Cn1c2ccccc2c2cc(C(N)=NN=N)ccc21. The van der Waals surface area contributed by atoms with Crippen LogP contribution in [0.1, 0.15) is 11.1 Å². The topological polar surface area (TPSA) is 88.8 Å². The largest absolute Gasteiger partial charge is 0.496 e. The molecule has 0 fully saturated rings. The van der Waals surface area contributed by atoms with Crippen LogP contribution in [0.15, 0.2) is 77.1 Å². The highest BCUT2D eigenvalue weighted by Gasteiger charge is 2.13. The molecule has 3 aromatic carbocycles. The van der Waals surface area contributed by atoms with Gasteiger partial charge in [-0.3, -0.25) is 0 Å². The molecule has 0 radical (unpaired) electrons. The third-order valence-corrected chi connectivity index (χ3v) is 4.75. The minimum atomic E-state index is 0.230. The molecule has 0 atom stereocenters. The van der Waals surface area contributed by atoms with Crippen LogP contribution in [0.4, 0.5) is 0 Å². The molecule has 1 heterocycles. The van der Waals surface area contributed by atoms with Gasteiger partial charge < -0.3 is 15.0 Å². The van der Waals surface area contributed by atoms with Crippen molar-refractivity contribution in [3.8, 4) is 5.75 Å². The number of methoxy groups -OCH3 is 1. The molecule has 0 saturated carbocycles. The summed E-state index contributed by atoms with van der Waals surface area (Å²) in [5.74, 6) is 1.10. The van der Waals surface area contributed by atoms with E-state index in [2.05, 4.69) is 33.1 Å². The van der Waals surface area contributed by atoms with E-state index in [1.807, 2.05) is 48.5 Å². The van der Waals surface area contributed by atoms with Gasteiger partial charge in [0.15, 0.2) is 5.84 Å². The van der Waals surface area contributed by atoms with E-state index in [1.165, 1.54) is 0 Å². The summed E-state index contributed by atoms with van der Waals surface area (Å²) in [6.07, 6.45) is 0. The van der Waals surface area contributed by atoms with Crippen molar-refractivity contribution in [3.63, 3.8) is 0 Å². The van der Waals surface area contributed by atoms with E-state index in [0.29, 0.717) is 6.54 Å². The summed E-state index contributed by atoms with van der Waals surface area (Å²) in [6, 6.07) is 22.3. The molecule has 0 amide bonds. The fourth-order valence-electron chi connectivity index (χ4n) is 3.50. The summed E-state index contributed by atoms with van der Waals surface area (Å²) in [5.41, 5.74) is 16.9. The minimum Gasteiger partial charge on any atom is -0.496 e. The molecule has 4 rings (SSSR count). The maximum atomic E-state index is 6.89. The molecular formula is C21H19N5O. The minimum absolute atomic E-state index is 0.230. The van der Waals surface area contributed by atoms with E-state index in [9.17, 15) is 0 Å². The molecule has 27 heavy (non-hydrogen) atoms. The average molecular weight is 357 g/mol.